The maximum absolute atomic E-state index is 3.96. The zero-order valence-corrected chi connectivity index (χ0v) is 12.3. The van der Waals surface area contributed by atoms with Gasteiger partial charge in [0.2, 0.25) is 0 Å². The van der Waals surface area contributed by atoms with Gasteiger partial charge in [-0.25, -0.2) is 0 Å². The molecule has 5 atom stereocenters. The second kappa shape index (κ2) is 7.92. The van der Waals surface area contributed by atoms with Gasteiger partial charge in [-0.2, -0.15) is 0 Å². The number of hydrogen-bond acceptors (Lipinski definition) is 0. The Morgan fingerprint density at radius 3 is 1.81 bits per heavy atom. The maximum atomic E-state index is 3.96. The lowest BCUT2D eigenvalue weighted by Crippen LogP contribution is -2.20. The van der Waals surface area contributed by atoms with Crippen molar-refractivity contribution in [2.45, 2.75) is 60.8 Å². The minimum atomic E-state index is 0.701. The van der Waals surface area contributed by atoms with E-state index in [1.807, 2.05) is 0 Å². The molecule has 0 heterocycles. The second-order valence-electron chi connectivity index (χ2n) is 5.74. The van der Waals surface area contributed by atoms with Gasteiger partial charge >= 0.3 is 0 Å². The summed E-state index contributed by atoms with van der Waals surface area (Å²) in [6, 6.07) is 0. The first-order valence-electron chi connectivity index (χ1n) is 7.10. The van der Waals surface area contributed by atoms with Crippen molar-refractivity contribution in [1.82, 2.24) is 0 Å². The highest BCUT2D eigenvalue weighted by molar-refractivity contribution is 4.83. The summed E-state index contributed by atoms with van der Waals surface area (Å²) < 4.78 is 0. The van der Waals surface area contributed by atoms with Crippen molar-refractivity contribution in [3.05, 3.63) is 12.7 Å². The average Bonchev–Trinajstić information content (AvgIpc) is 2.28. The molecule has 0 N–H and O–H groups in total. The quantitative estimate of drug-likeness (QED) is 0.475. The van der Waals surface area contributed by atoms with E-state index in [1.54, 1.807) is 0 Å². The molecule has 0 amide bonds. The Bertz CT molecular complexity index is 182. The maximum Gasteiger partial charge on any atom is -0.0213 e. The molecule has 5 unspecified atom stereocenters. The smallest absolute Gasteiger partial charge is 0.0213 e. The minimum absolute atomic E-state index is 0.701. The summed E-state index contributed by atoms with van der Waals surface area (Å²) in [5.41, 5.74) is 0. The average molecular weight is 224 g/mol. The Hall–Kier alpha value is -0.260. The van der Waals surface area contributed by atoms with Crippen LogP contribution in [-0.4, -0.2) is 0 Å². The monoisotopic (exact) mass is 224 g/mol. The van der Waals surface area contributed by atoms with Crippen molar-refractivity contribution in [1.29, 1.82) is 0 Å². The van der Waals surface area contributed by atoms with Crippen LogP contribution < -0.4 is 0 Å². The third kappa shape index (κ3) is 4.72. The molecule has 0 aliphatic rings. The molecule has 0 aromatic heterocycles. The SMILES string of the molecule is C=CC(CC)C(C)CC(C)C(C)C(C)CC. The fraction of sp³-hybridized carbons (Fsp3) is 0.875. The Morgan fingerprint density at radius 2 is 1.44 bits per heavy atom. The summed E-state index contributed by atoms with van der Waals surface area (Å²) in [5.74, 6) is 4.01. The van der Waals surface area contributed by atoms with E-state index in [0.29, 0.717) is 5.92 Å². The van der Waals surface area contributed by atoms with Crippen molar-refractivity contribution in [2.24, 2.45) is 29.6 Å². The molecule has 0 rings (SSSR count). The molecule has 16 heavy (non-hydrogen) atoms. The Morgan fingerprint density at radius 1 is 0.875 bits per heavy atom. The fourth-order valence-electron chi connectivity index (χ4n) is 2.71. The van der Waals surface area contributed by atoms with Crippen molar-refractivity contribution in [2.75, 3.05) is 0 Å². The van der Waals surface area contributed by atoms with Crippen LogP contribution >= 0.6 is 0 Å². The van der Waals surface area contributed by atoms with Crippen molar-refractivity contribution < 1.29 is 0 Å². The molecule has 0 aliphatic carbocycles. The van der Waals surface area contributed by atoms with Gasteiger partial charge in [0.25, 0.3) is 0 Å². The number of hydrogen-bond donors (Lipinski definition) is 0. The van der Waals surface area contributed by atoms with Crippen molar-refractivity contribution in [3.63, 3.8) is 0 Å². The van der Waals surface area contributed by atoms with Crippen LogP contribution in [0.15, 0.2) is 12.7 Å². The molecule has 0 fully saturated rings. The molecule has 0 aromatic rings. The highest BCUT2D eigenvalue weighted by Crippen LogP contribution is 2.31. The van der Waals surface area contributed by atoms with Crippen LogP contribution in [-0.2, 0) is 0 Å². The van der Waals surface area contributed by atoms with E-state index in [2.05, 4.69) is 54.2 Å². The normalized spacial score (nSPS) is 20.9. The zero-order valence-electron chi connectivity index (χ0n) is 12.3. The van der Waals surface area contributed by atoms with E-state index in [0.717, 1.165) is 23.7 Å². The van der Waals surface area contributed by atoms with Gasteiger partial charge in [-0.05, 0) is 42.4 Å². The first-order chi connectivity index (χ1) is 7.47. The summed E-state index contributed by atoms with van der Waals surface area (Å²) in [7, 11) is 0. The van der Waals surface area contributed by atoms with Crippen molar-refractivity contribution >= 4 is 0 Å². The largest absolute Gasteiger partial charge is 0.103 e. The van der Waals surface area contributed by atoms with Gasteiger partial charge in [0.15, 0.2) is 0 Å². The summed E-state index contributed by atoms with van der Waals surface area (Å²) in [6.07, 6.45) is 6.02. The molecule has 0 nitrogen and oxygen atoms in total. The van der Waals surface area contributed by atoms with Gasteiger partial charge in [-0.1, -0.05) is 54.0 Å². The van der Waals surface area contributed by atoms with E-state index in [-0.39, 0.29) is 0 Å². The molecule has 0 aliphatic heterocycles. The lowest BCUT2D eigenvalue weighted by atomic mass is 9.76. The molecule has 0 bridgehead atoms. The first kappa shape index (κ1) is 15.7. The Balaban J connectivity index is 4.21. The van der Waals surface area contributed by atoms with Crippen LogP contribution in [0.2, 0.25) is 0 Å². The van der Waals surface area contributed by atoms with E-state index in [4.69, 9.17) is 0 Å². The number of allylic oxidation sites excluding steroid dienone is 1. The van der Waals surface area contributed by atoms with E-state index in [1.165, 1.54) is 19.3 Å². The Kier molecular flexibility index (Phi) is 7.80. The van der Waals surface area contributed by atoms with Crippen LogP contribution in [0.1, 0.15) is 60.8 Å². The fourth-order valence-corrected chi connectivity index (χ4v) is 2.71. The van der Waals surface area contributed by atoms with Crippen LogP contribution in [0.5, 0.6) is 0 Å². The molecular weight excluding hydrogens is 192 g/mol. The highest BCUT2D eigenvalue weighted by Gasteiger charge is 2.22. The third-order valence-electron chi connectivity index (χ3n) is 4.69. The van der Waals surface area contributed by atoms with Crippen LogP contribution in [0.4, 0.5) is 0 Å². The van der Waals surface area contributed by atoms with Gasteiger partial charge in [-0.15, -0.1) is 6.58 Å². The van der Waals surface area contributed by atoms with Gasteiger partial charge < -0.3 is 0 Å². The zero-order chi connectivity index (χ0) is 12.7. The highest BCUT2D eigenvalue weighted by atomic mass is 14.3. The van der Waals surface area contributed by atoms with Crippen molar-refractivity contribution in [3.8, 4) is 0 Å². The lowest BCUT2D eigenvalue weighted by molar-refractivity contribution is 0.217. The molecule has 0 spiro atoms. The van der Waals surface area contributed by atoms with Gasteiger partial charge in [0.1, 0.15) is 0 Å². The predicted octanol–water partition coefficient (Wildman–Crippen LogP) is 5.54. The van der Waals surface area contributed by atoms with Crippen LogP contribution in [0.25, 0.3) is 0 Å². The molecule has 0 radical (unpaired) electrons. The van der Waals surface area contributed by atoms with Gasteiger partial charge in [0.05, 0.1) is 0 Å². The Labute approximate surface area is 104 Å². The van der Waals surface area contributed by atoms with E-state index >= 15 is 0 Å². The summed E-state index contributed by atoms with van der Waals surface area (Å²) in [4.78, 5) is 0. The van der Waals surface area contributed by atoms with E-state index in [9.17, 15) is 0 Å². The summed E-state index contributed by atoms with van der Waals surface area (Å²) >= 11 is 0. The van der Waals surface area contributed by atoms with Crippen LogP contribution in [0, 0.1) is 29.6 Å². The molecule has 0 saturated heterocycles. The minimum Gasteiger partial charge on any atom is -0.103 e. The third-order valence-corrected chi connectivity index (χ3v) is 4.69. The summed E-state index contributed by atoms with van der Waals surface area (Å²) in [5, 5.41) is 0. The second-order valence-corrected chi connectivity index (χ2v) is 5.74. The molecular formula is C16H32. The molecule has 96 valence electrons. The molecule has 0 aromatic carbocycles. The van der Waals surface area contributed by atoms with Gasteiger partial charge in [-0.3, -0.25) is 0 Å². The predicted molar refractivity (Wildman–Crippen MR) is 75.5 cm³/mol. The molecule has 0 heteroatoms. The van der Waals surface area contributed by atoms with Crippen LogP contribution in [0.3, 0.4) is 0 Å². The standard InChI is InChI=1S/C16H32/c1-8-12(4)15(7)13(5)11-14(6)16(9-2)10-3/h9,12-16H,2,8,10-11H2,1,3-7H3. The topological polar surface area (TPSA) is 0 Å². The summed E-state index contributed by atoms with van der Waals surface area (Å²) in [6.45, 7) is 18.1. The first-order valence-corrected chi connectivity index (χ1v) is 7.10. The van der Waals surface area contributed by atoms with Gasteiger partial charge in [0, 0.05) is 0 Å². The lowest BCUT2D eigenvalue weighted by Gasteiger charge is -2.29. The van der Waals surface area contributed by atoms with E-state index < -0.39 is 0 Å². The number of rotatable bonds is 8. The molecule has 0 saturated carbocycles.